The first-order valence-corrected chi connectivity index (χ1v) is 10.3. The first-order valence-electron chi connectivity index (χ1n) is 10.3. The second kappa shape index (κ2) is 11.6. The number of aromatic nitrogens is 1. The number of amides is 1. The summed E-state index contributed by atoms with van der Waals surface area (Å²) >= 11 is 0. The molecule has 2 rings (SSSR count). The third kappa shape index (κ3) is 7.20. The summed E-state index contributed by atoms with van der Waals surface area (Å²) in [4.78, 5) is 14.6. The number of carbonyl (C=O) groups is 1. The Bertz CT molecular complexity index is 695. The van der Waals surface area contributed by atoms with Crippen LogP contribution in [-0.2, 0) is 17.9 Å². The zero-order chi connectivity index (χ0) is 19.5. The molecule has 4 heteroatoms. The standard InChI is InChI=1S/C23H33FN2O/c1-3-5-6-7-8-14-23(27)26(15-4-2)19-22-13-10-16-25(22)18-20-11-9-12-21(24)17-20/h9-13,16-17H,3-8,14-15,18-19H2,1-2H3. The van der Waals surface area contributed by atoms with Gasteiger partial charge in [0.1, 0.15) is 5.82 Å². The van der Waals surface area contributed by atoms with Crippen molar-refractivity contribution in [2.45, 2.75) is 71.9 Å². The molecule has 3 nitrogen and oxygen atoms in total. The van der Waals surface area contributed by atoms with Crippen LogP contribution in [-0.4, -0.2) is 21.9 Å². The van der Waals surface area contributed by atoms with Crippen molar-refractivity contribution in [2.24, 2.45) is 0 Å². The SMILES string of the molecule is CCCCCCCC(=O)N(CCC)Cc1cccn1Cc1cccc(F)c1. The number of unbranched alkanes of at least 4 members (excludes halogenated alkanes) is 4. The van der Waals surface area contributed by atoms with Gasteiger partial charge in [-0.05, 0) is 42.7 Å². The van der Waals surface area contributed by atoms with Crippen LogP contribution in [0.15, 0.2) is 42.6 Å². The average Bonchev–Trinajstić information content (AvgIpc) is 3.08. The number of hydrogen-bond donors (Lipinski definition) is 0. The molecule has 1 amide bonds. The molecule has 27 heavy (non-hydrogen) atoms. The number of benzene rings is 1. The van der Waals surface area contributed by atoms with E-state index in [1.807, 2.05) is 23.2 Å². The van der Waals surface area contributed by atoms with Gasteiger partial charge in [0.15, 0.2) is 0 Å². The summed E-state index contributed by atoms with van der Waals surface area (Å²) in [5, 5.41) is 0. The molecule has 0 aliphatic heterocycles. The Morgan fingerprint density at radius 3 is 2.59 bits per heavy atom. The van der Waals surface area contributed by atoms with Crippen LogP contribution >= 0.6 is 0 Å². The minimum atomic E-state index is -0.216. The maximum absolute atomic E-state index is 13.4. The van der Waals surface area contributed by atoms with E-state index in [9.17, 15) is 9.18 Å². The molecule has 0 aliphatic rings. The second-order valence-electron chi connectivity index (χ2n) is 7.24. The largest absolute Gasteiger partial charge is 0.345 e. The summed E-state index contributed by atoms with van der Waals surface area (Å²) in [6.45, 7) is 6.31. The van der Waals surface area contributed by atoms with Crippen LogP contribution in [0, 0.1) is 5.82 Å². The first-order chi connectivity index (χ1) is 13.1. The van der Waals surface area contributed by atoms with Gasteiger partial charge in [-0.2, -0.15) is 0 Å². The molecule has 1 aromatic heterocycles. The van der Waals surface area contributed by atoms with Gasteiger partial charge in [-0.25, -0.2) is 4.39 Å². The first kappa shape index (κ1) is 21.2. The highest BCUT2D eigenvalue weighted by Gasteiger charge is 2.15. The molecule has 1 aromatic carbocycles. The smallest absolute Gasteiger partial charge is 0.222 e. The Labute approximate surface area is 163 Å². The molecule has 0 unspecified atom stereocenters. The maximum Gasteiger partial charge on any atom is 0.222 e. The molecule has 0 spiro atoms. The predicted molar refractivity (Wildman–Crippen MR) is 109 cm³/mol. The predicted octanol–water partition coefficient (Wildman–Crippen LogP) is 5.77. The molecule has 2 aromatic rings. The van der Waals surface area contributed by atoms with Crippen LogP contribution in [0.3, 0.4) is 0 Å². The molecule has 0 saturated heterocycles. The molecule has 0 N–H and O–H groups in total. The van der Waals surface area contributed by atoms with Gasteiger partial charge in [-0.3, -0.25) is 4.79 Å². The lowest BCUT2D eigenvalue weighted by Crippen LogP contribution is -2.32. The van der Waals surface area contributed by atoms with E-state index < -0.39 is 0 Å². The van der Waals surface area contributed by atoms with Crippen LogP contribution in [0.2, 0.25) is 0 Å². The molecule has 0 aliphatic carbocycles. The van der Waals surface area contributed by atoms with Gasteiger partial charge in [0, 0.05) is 31.4 Å². The van der Waals surface area contributed by atoms with Crippen LogP contribution < -0.4 is 0 Å². The third-order valence-corrected chi connectivity index (χ3v) is 4.86. The van der Waals surface area contributed by atoms with Crippen LogP contribution in [0.4, 0.5) is 4.39 Å². The van der Waals surface area contributed by atoms with Gasteiger partial charge >= 0.3 is 0 Å². The summed E-state index contributed by atoms with van der Waals surface area (Å²) in [7, 11) is 0. The quantitative estimate of drug-likeness (QED) is 0.434. The Balaban J connectivity index is 1.95. The molecular formula is C23H33FN2O. The van der Waals surface area contributed by atoms with E-state index in [0.29, 0.717) is 19.5 Å². The van der Waals surface area contributed by atoms with E-state index in [1.165, 1.54) is 25.3 Å². The van der Waals surface area contributed by atoms with Gasteiger partial charge in [-0.15, -0.1) is 0 Å². The third-order valence-electron chi connectivity index (χ3n) is 4.86. The highest BCUT2D eigenvalue weighted by molar-refractivity contribution is 5.76. The molecular weight excluding hydrogens is 339 g/mol. The Morgan fingerprint density at radius 2 is 1.85 bits per heavy atom. The minimum absolute atomic E-state index is 0.216. The van der Waals surface area contributed by atoms with Crippen LogP contribution in [0.25, 0.3) is 0 Å². The molecule has 1 heterocycles. The Kier molecular flexibility index (Phi) is 9.09. The number of halogens is 1. The highest BCUT2D eigenvalue weighted by Crippen LogP contribution is 2.14. The number of rotatable bonds is 12. The molecule has 0 bridgehead atoms. The van der Waals surface area contributed by atoms with Gasteiger partial charge in [0.25, 0.3) is 0 Å². The highest BCUT2D eigenvalue weighted by atomic mass is 19.1. The monoisotopic (exact) mass is 372 g/mol. The van der Waals surface area contributed by atoms with Crippen molar-refractivity contribution in [3.63, 3.8) is 0 Å². The van der Waals surface area contributed by atoms with E-state index in [-0.39, 0.29) is 11.7 Å². The van der Waals surface area contributed by atoms with E-state index in [2.05, 4.69) is 24.5 Å². The maximum atomic E-state index is 13.4. The van der Waals surface area contributed by atoms with E-state index >= 15 is 0 Å². The van der Waals surface area contributed by atoms with Crippen molar-refractivity contribution in [1.82, 2.24) is 9.47 Å². The lowest BCUT2D eigenvalue weighted by molar-refractivity contribution is -0.132. The number of hydrogen-bond acceptors (Lipinski definition) is 1. The molecule has 148 valence electrons. The van der Waals surface area contributed by atoms with Gasteiger partial charge in [-0.1, -0.05) is 51.7 Å². The molecule has 0 radical (unpaired) electrons. The topological polar surface area (TPSA) is 25.2 Å². The van der Waals surface area contributed by atoms with E-state index in [1.54, 1.807) is 12.1 Å². The van der Waals surface area contributed by atoms with Crippen molar-refractivity contribution in [2.75, 3.05) is 6.54 Å². The number of carbonyl (C=O) groups excluding carboxylic acids is 1. The van der Waals surface area contributed by atoms with Crippen LogP contribution in [0.1, 0.15) is 70.1 Å². The fourth-order valence-electron chi connectivity index (χ4n) is 3.37. The van der Waals surface area contributed by atoms with Crippen molar-refractivity contribution >= 4 is 5.91 Å². The van der Waals surface area contributed by atoms with Gasteiger partial charge in [0.2, 0.25) is 5.91 Å². The minimum Gasteiger partial charge on any atom is -0.345 e. The summed E-state index contributed by atoms with van der Waals surface area (Å²) in [6.07, 6.45) is 9.38. The lowest BCUT2D eigenvalue weighted by Gasteiger charge is -2.23. The fourth-order valence-corrected chi connectivity index (χ4v) is 3.37. The van der Waals surface area contributed by atoms with E-state index in [0.717, 1.165) is 37.1 Å². The normalized spacial score (nSPS) is 10.9. The van der Waals surface area contributed by atoms with Crippen molar-refractivity contribution < 1.29 is 9.18 Å². The van der Waals surface area contributed by atoms with Crippen molar-refractivity contribution in [3.8, 4) is 0 Å². The number of nitrogens with zero attached hydrogens (tertiary/aromatic N) is 2. The van der Waals surface area contributed by atoms with Gasteiger partial charge < -0.3 is 9.47 Å². The summed E-state index contributed by atoms with van der Waals surface area (Å²) in [5.41, 5.74) is 2.02. The zero-order valence-electron chi connectivity index (χ0n) is 16.8. The van der Waals surface area contributed by atoms with E-state index in [4.69, 9.17) is 0 Å². The van der Waals surface area contributed by atoms with Gasteiger partial charge in [0.05, 0.1) is 6.54 Å². The average molecular weight is 373 g/mol. The summed E-state index contributed by atoms with van der Waals surface area (Å²) in [5.74, 6) is 0.0268. The molecule has 0 fully saturated rings. The van der Waals surface area contributed by atoms with Crippen molar-refractivity contribution in [3.05, 3.63) is 59.7 Å². The second-order valence-corrected chi connectivity index (χ2v) is 7.24. The fraction of sp³-hybridized carbons (Fsp3) is 0.522. The Morgan fingerprint density at radius 1 is 1.04 bits per heavy atom. The van der Waals surface area contributed by atoms with Crippen molar-refractivity contribution in [1.29, 1.82) is 0 Å². The van der Waals surface area contributed by atoms with Crippen LogP contribution in [0.5, 0.6) is 0 Å². The Hall–Kier alpha value is -2.10. The summed E-state index contributed by atoms with van der Waals surface area (Å²) in [6, 6.07) is 10.7. The summed E-state index contributed by atoms with van der Waals surface area (Å²) < 4.78 is 15.5. The molecule has 0 saturated carbocycles. The lowest BCUT2D eigenvalue weighted by atomic mass is 10.1. The molecule has 0 atom stereocenters. The zero-order valence-corrected chi connectivity index (χ0v) is 16.8.